The number of carbonyl (C=O) groups is 1. The molecule has 0 aromatic rings. The molecule has 1 amide bonds. The number of nitrogens with one attached hydrogen (secondary N) is 1. The highest BCUT2D eigenvalue weighted by Crippen LogP contribution is 2.13. The zero-order valence-electron chi connectivity index (χ0n) is 14.5. The number of hydrogen-bond acceptors (Lipinski definition) is 3. The van der Waals surface area contributed by atoms with Gasteiger partial charge in [0.05, 0.1) is 5.54 Å². The summed E-state index contributed by atoms with van der Waals surface area (Å²) in [6, 6.07) is 0.242. The van der Waals surface area contributed by atoms with Crippen molar-refractivity contribution in [1.82, 2.24) is 5.32 Å². The lowest BCUT2D eigenvalue weighted by molar-refractivity contribution is -0.124. The summed E-state index contributed by atoms with van der Waals surface area (Å²) in [5, 5.41) is 3.26. The first kappa shape index (κ1) is 20.4. The van der Waals surface area contributed by atoms with Gasteiger partial charge in [-0.15, -0.1) is 0 Å². The van der Waals surface area contributed by atoms with Gasteiger partial charge < -0.3 is 15.8 Å². The van der Waals surface area contributed by atoms with E-state index in [-0.39, 0.29) is 11.9 Å². The molecule has 0 heterocycles. The Bertz CT molecular complexity index is 270. The standard InChI is InChI=1S/C17H36N2O2/c1-5-6-7-8-9-10-13-21-14-11-12-17(4,16(18)20)19-15(2)3/h15,19H,5-14H2,1-4H3,(H2,18,20). The minimum Gasteiger partial charge on any atom is -0.381 e. The Morgan fingerprint density at radius 3 is 2.24 bits per heavy atom. The van der Waals surface area contributed by atoms with Crippen molar-refractivity contribution in [1.29, 1.82) is 0 Å². The second-order valence-corrected chi connectivity index (χ2v) is 6.48. The summed E-state index contributed by atoms with van der Waals surface area (Å²) in [6.45, 7) is 9.70. The highest BCUT2D eigenvalue weighted by Gasteiger charge is 2.30. The van der Waals surface area contributed by atoms with Crippen LogP contribution < -0.4 is 11.1 Å². The maximum Gasteiger partial charge on any atom is 0.237 e. The van der Waals surface area contributed by atoms with Crippen molar-refractivity contribution >= 4 is 5.91 Å². The second-order valence-electron chi connectivity index (χ2n) is 6.48. The fraction of sp³-hybridized carbons (Fsp3) is 0.941. The normalized spacial score (nSPS) is 14.3. The molecule has 0 spiro atoms. The van der Waals surface area contributed by atoms with E-state index in [4.69, 9.17) is 10.5 Å². The molecule has 1 unspecified atom stereocenters. The van der Waals surface area contributed by atoms with E-state index in [2.05, 4.69) is 12.2 Å². The highest BCUT2D eigenvalue weighted by atomic mass is 16.5. The van der Waals surface area contributed by atoms with Gasteiger partial charge in [0.1, 0.15) is 0 Å². The summed E-state index contributed by atoms with van der Waals surface area (Å²) in [4.78, 5) is 11.6. The number of carbonyl (C=O) groups excluding carboxylic acids is 1. The predicted octanol–water partition coefficient (Wildman–Crippen LogP) is 3.39. The van der Waals surface area contributed by atoms with E-state index in [0.717, 1.165) is 25.9 Å². The van der Waals surface area contributed by atoms with Crippen LogP contribution in [-0.4, -0.2) is 30.7 Å². The molecule has 0 aliphatic carbocycles. The molecule has 0 aromatic carbocycles. The molecule has 1 atom stereocenters. The molecule has 0 rings (SSSR count). The van der Waals surface area contributed by atoms with E-state index in [1.807, 2.05) is 20.8 Å². The van der Waals surface area contributed by atoms with Gasteiger partial charge in [-0.05, 0) is 40.0 Å². The Kier molecular flexibility index (Phi) is 11.6. The summed E-state index contributed by atoms with van der Waals surface area (Å²) in [5.74, 6) is -0.285. The van der Waals surface area contributed by atoms with Gasteiger partial charge in [-0.25, -0.2) is 0 Å². The molecule has 0 bridgehead atoms. The summed E-state index contributed by atoms with van der Waals surface area (Å²) in [6.07, 6.45) is 9.26. The number of nitrogens with two attached hydrogens (primary N) is 1. The molecule has 0 aliphatic heterocycles. The fourth-order valence-electron chi connectivity index (χ4n) is 2.52. The molecule has 0 saturated carbocycles. The molecule has 0 saturated heterocycles. The van der Waals surface area contributed by atoms with Gasteiger partial charge in [0.15, 0.2) is 0 Å². The molecule has 3 N–H and O–H groups in total. The van der Waals surface area contributed by atoms with Gasteiger partial charge in [-0.2, -0.15) is 0 Å². The summed E-state index contributed by atoms with van der Waals surface area (Å²) in [5.41, 5.74) is 4.87. The van der Waals surface area contributed by atoms with Gasteiger partial charge in [-0.3, -0.25) is 4.79 Å². The summed E-state index contributed by atoms with van der Waals surface area (Å²) < 4.78 is 5.64. The maximum atomic E-state index is 11.6. The fourth-order valence-corrected chi connectivity index (χ4v) is 2.52. The van der Waals surface area contributed by atoms with Gasteiger partial charge in [0.2, 0.25) is 5.91 Å². The third-order valence-corrected chi connectivity index (χ3v) is 3.76. The molecule has 4 heteroatoms. The van der Waals surface area contributed by atoms with E-state index in [9.17, 15) is 4.79 Å². The molecule has 0 aliphatic rings. The van der Waals surface area contributed by atoms with Crippen LogP contribution in [0, 0.1) is 0 Å². The van der Waals surface area contributed by atoms with E-state index in [1.165, 1.54) is 32.1 Å². The molecule has 0 radical (unpaired) electrons. The topological polar surface area (TPSA) is 64.3 Å². The van der Waals surface area contributed by atoms with E-state index < -0.39 is 5.54 Å². The van der Waals surface area contributed by atoms with E-state index >= 15 is 0 Å². The molecule has 4 nitrogen and oxygen atoms in total. The molecule has 21 heavy (non-hydrogen) atoms. The maximum absolute atomic E-state index is 11.6. The average molecular weight is 300 g/mol. The van der Waals surface area contributed by atoms with Crippen LogP contribution in [0.3, 0.4) is 0 Å². The first-order chi connectivity index (χ1) is 9.92. The van der Waals surface area contributed by atoms with Crippen molar-refractivity contribution in [2.45, 2.75) is 90.6 Å². The van der Waals surface area contributed by atoms with Gasteiger partial charge in [0.25, 0.3) is 0 Å². The third-order valence-electron chi connectivity index (χ3n) is 3.76. The molecular weight excluding hydrogens is 264 g/mol. The van der Waals surface area contributed by atoms with Crippen molar-refractivity contribution in [2.24, 2.45) is 5.73 Å². The number of hydrogen-bond donors (Lipinski definition) is 2. The van der Waals surface area contributed by atoms with Crippen molar-refractivity contribution < 1.29 is 9.53 Å². The van der Waals surface area contributed by atoms with Crippen LogP contribution in [0.5, 0.6) is 0 Å². The minimum absolute atomic E-state index is 0.242. The van der Waals surface area contributed by atoms with Crippen LogP contribution in [0.15, 0.2) is 0 Å². The lowest BCUT2D eigenvalue weighted by Gasteiger charge is -2.29. The lowest BCUT2D eigenvalue weighted by Crippen LogP contribution is -2.55. The third kappa shape index (κ3) is 10.7. The minimum atomic E-state index is -0.627. The molecular formula is C17H36N2O2. The summed E-state index contributed by atoms with van der Waals surface area (Å²) >= 11 is 0. The number of ether oxygens (including phenoxy) is 1. The van der Waals surface area contributed by atoms with Crippen molar-refractivity contribution in [2.75, 3.05) is 13.2 Å². The quantitative estimate of drug-likeness (QED) is 0.483. The lowest BCUT2D eigenvalue weighted by atomic mass is 9.94. The van der Waals surface area contributed by atoms with Gasteiger partial charge in [0, 0.05) is 19.3 Å². The first-order valence-electron chi connectivity index (χ1n) is 8.57. The molecule has 0 aromatic heterocycles. The number of unbranched alkanes of at least 4 members (excludes halogenated alkanes) is 5. The van der Waals surface area contributed by atoms with Crippen LogP contribution in [-0.2, 0) is 9.53 Å². The van der Waals surface area contributed by atoms with Gasteiger partial charge in [-0.1, -0.05) is 39.0 Å². The van der Waals surface area contributed by atoms with Crippen LogP contribution in [0.1, 0.15) is 79.1 Å². The van der Waals surface area contributed by atoms with Crippen molar-refractivity contribution in [3.63, 3.8) is 0 Å². The van der Waals surface area contributed by atoms with Crippen LogP contribution in [0.4, 0.5) is 0 Å². The van der Waals surface area contributed by atoms with Crippen molar-refractivity contribution in [3.8, 4) is 0 Å². The average Bonchev–Trinajstić information content (AvgIpc) is 2.40. The van der Waals surface area contributed by atoms with Crippen LogP contribution in [0.25, 0.3) is 0 Å². The second kappa shape index (κ2) is 12.0. The summed E-state index contributed by atoms with van der Waals surface area (Å²) in [7, 11) is 0. The zero-order valence-corrected chi connectivity index (χ0v) is 14.5. The predicted molar refractivity (Wildman–Crippen MR) is 89.3 cm³/mol. The van der Waals surface area contributed by atoms with Crippen LogP contribution in [0.2, 0.25) is 0 Å². The Balaban J connectivity index is 3.61. The van der Waals surface area contributed by atoms with Crippen molar-refractivity contribution in [3.05, 3.63) is 0 Å². The van der Waals surface area contributed by atoms with E-state index in [1.54, 1.807) is 0 Å². The Morgan fingerprint density at radius 1 is 1.10 bits per heavy atom. The smallest absolute Gasteiger partial charge is 0.237 e. The monoisotopic (exact) mass is 300 g/mol. The SMILES string of the molecule is CCCCCCCCOCCCC(C)(NC(C)C)C(N)=O. The molecule has 126 valence electrons. The number of amides is 1. The number of primary amides is 1. The van der Waals surface area contributed by atoms with Gasteiger partial charge >= 0.3 is 0 Å². The first-order valence-corrected chi connectivity index (χ1v) is 8.57. The largest absolute Gasteiger partial charge is 0.381 e. The number of rotatable bonds is 14. The Labute approximate surface area is 131 Å². The molecule has 0 fully saturated rings. The highest BCUT2D eigenvalue weighted by molar-refractivity contribution is 5.84. The zero-order chi connectivity index (χ0) is 16.1. The Morgan fingerprint density at radius 2 is 1.67 bits per heavy atom. The van der Waals surface area contributed by atoms with Crippen LogP contribution >= 0.6 is 0 Å². The Hall–Kier alpha value is -0.610. The van der Waals surface area contributed by atoms with E-state index in [0.29, 0.717) is 6.61 Å².